The SMILES string of the molecule is O=C1NCc2ccc(cc2)CNC(=O)c2cc([N+](=O)[O-])cc(n2)C(=O)NCC2CCC(CC2)CNC(=O)c2cc([N+](=O)[O-])cc1n2. The normalized spacial score (nSPS) is 19.4. The number of nitrogens with zero attached hydrogens (tertiary/aromatic N) is 4. The third-order valence-electron chi connectivity index (χ3n) is 7.97. The molecule has 8 bridgehead atoms. The van der Waals surface area contributed by atoms with E-state index < -0.39 is 44.9 Å². The van der Waals surface area contributed by atoms with Crippen LogP contribution in [0.3, 0.4) is 0 Å². The summed E-state index contributed by atoms with van der Waals surface area (Å²) in [5.41, 5.74) is -0.603. The van der Waals surface area contributed by atoms with Crippen LogP contribution >= 0.6 is 0 Å². The molecule has 5 aliphatic rings. The molecular formula is C30H30N8O8. The van der Waals surface area contributed by atoms with Gasteiger partial charge in [-0.15, -0.1) is 0 Å². The van der Waals surface area contributed by atoms with E-state index in [1.165, 1.54) is 0 Å². The monoisotopic (exact) mass is 630 g/mol. The number of amides is 4. The summed E-state index contributed by atoms with van der Waals surface area (Å²) in [5.74, 6) is -2.46. The van der Waals surface area contributed by atoms with Crippen molar-refractivity contribution in [3.63, 3.8) is 0 Å². The van der Waals surface area contributed by atoms with Crippen molar-refractivity contribution in [3.8, 4) is 0 Å². The molecule has 238 valence electrons. The van der Waals surface area contributed by atoms with Crippen LogP contribution in [0.5, 0.6) is 0 Å². The molecule has 3 aromatic rings. The number of aromatic nitrogens is 2. The van der Waals surface area contributed by atoms with Crippen LogP contribution in [0.15, 0.2) is 48.5 Å². The predicted octanol–water partition coefficient (Wildman–Crippen LogP) is 2.43. The Bertz CT molecular complexity index is 1580. The van der Waals surface area contributed by atoms with Gasteiger partial charge in [-0.2, -0.15) is 0 Å². The molecule has 1 aromatic carbocycles. The molecule has 8 rings (SSSR count). The van der Waals surface area contributed by atoms with Crippen molar-refractivity contribution in [3.05, 3.63) is 103 Å². The van der Waals surface area contributed by atoms with Crippen molar-refractivity contribution in [1.29, 1.82) is 0 Å². The Morgan fingerprint density at radius 1 is 0.543 bits per heavy atom. The first-order valence-corrected chi connectivity index (χ1v) is 14.6. The van der Waals surface area contributed by atoms with Gasteiger partial charge in [0.25, 0.3) is 35.0 Å². The summed E-state index contributed by atoms with van der Waals surface area (Å²) in [6, 6.07) is 10.8. The second-order valence-electron chi connectivity index (χ2n) is 11.2. The Morgan fingerprint density at radius 2 is 0.848 bits per heavy atom. The standard InChI is InChI=1S/C30H30N8O8/c39-27-23-9-21(37(43)44)11-25(35-23)29(41)33-15-19-5-7-20(8-6-19)16-34-30(42)26-12-22(38(45)46)10-24(36-26)28(40)32-14-18-2-1-17(3-4-18)13-31-27/h1-4,9-12,19-20H,5-8,13-16H2,(H,31,39)(H,32,40)(H,33,41)(H,34,42). The molecule has 4 N–H and O–H groups in total. The van der Waals surface area contributed by atoms with Gasteiger partial charge in [-0.3, -0.25) is 39.4 Å². The van der Waals surface area contributed by atoms with Crippen molar-refractivity contribution in [2.45, 2.75) is 38.8 Å². The van der Waals surface area contributed by atoms with Crippen LogP contribution in [0.25, 0.3) is 0 Å². The maximum atomic E-state index is 12.9. The fourth-order valence-corrected chi connectivity index (χ4v) is 5.32. The topological polar surface area (TPSA) is 228 Å². The number of nitro groups is 2. The average molecular weight is 631 g/mol. The number of nitrogens with one attached hydrogen (secondary N) is 4. The van der Waals surface area contributed by atoms with Crippen molar-refractivity contribution in [2.24, 2.45) is 11.8 Å². The van der Waals surface area contributed by atoms with Gasteiger partial charge < -0.3 is 21.3 Å². The van der Waals surface area contributed by atoms with E-state index in [-0.39, 0.29) is 47.7 Å². The molecule has 0 unspecified atom stereocenters. The number of rotatable bonds is 2. The van der Waals surface area contributed by atoms with Crippen LogP contribution in [0.4, 0.5) is 11.4 Å². The Labute approximate surface area is 261 Å². The second-order valence-corrected chi connectivity index (χ2v) is 11.2. The molecule has 6 heterocycles. The minimum atomic E-state index is -0.704. The predicted molar refractivity (Wildman–Crippen MR) is 161 cm³/mol. The van der Waals surface area contributed by atoms with Gasteiger partial charge in [0.05, 0.1) is 9.85 Å². The lowest BCUT2D eigenvalue weighted by Crippen LogP contribution is -2.35. The number of hydrogen-bond donors (Lipinski definition) is 4. The van der Waals surface area contributed by atoms with Crippen molar-refractivity contribution in [1.82, 2.24) is 31.2 Å². The van der Waals surface area contributed by atoms with Crippen LogP contribution in [0, 0.1) is 32.1 Å². The maximum absolute atomic E-state index is 12.9. The second kappa shape index (κ2) is 13.9. The first kappa shape index (κ1) is 31.6. The van der Waals surface area contributed by atoms with E-state index in [9.17, 15) is 39.4 Å². The number of hydrogen-bond acceptors (Lipinski definition) is 10. The minimum Gasteiger partial charge on any atom is -0.350 e. The summed E-state index contributed by atoms with van der Waals surface area (Å²) in [4.78, 5) is 81.4. The van der Waals surface area contributed by atoms with Gasteiger partial charge in [0.1, 0.15) is 22.8 Å². The zero-order chi connectivity index (χ0) is 32.8. The molecule has 0 spiro atoms. The lowest BCUT2D eigenvalue weighted by Gasteiger charge is -2.28. The van der Waals surface area contributed by atoms with E-state index in [4.69, 9.17) is 0 Å². The fraction of sp³-hybridized carbons (Fsp3) is 0.333. The fourth-order valence-electron chi connectivity index (χ4n) is 5.32. The molecule has 0 radical (unpaired) electrons. The lowest BCUT2D eigenvalue weighted by atomic mass is 9.82. The third-order valence-corrected chi connectivity index (χ3v) is 7.97. The van der Waals surface area contributed by atoms with E-state index in [1.807, 2.05) is 0 Å². The van der Waals surface area contributed by atoms with Crippen LogP contribution in [0.2, 0.25) is 0 Å². The highest BCUT2D eigenvalue weighted by Crippen LogP contribution is 2.28. The molecule has 46 heavy (non-hydrogen) atoms. The van der Waals surface area contributed by atoms with Gasteiger partial charge in [0.2, 0.25) is 0 Å². The van der Waals surface area contributed by atoms with Crippen LogP contribution in [-0.2, 0) is 13.1 Å². The van der Waals surface area contributed by atoms with Gasteiger partial charge in [-0.1, -0.05) is 24.3 Å². The summed E-state index contributed by atoms with van der Waals surface area (Å²) in [7, 11) is 0. The number of carbonyl (C=O) groups is 4. The van der Waals surface area contributed by atoms with Gasteiger partial charge in [-0.25, -0.2) is 9.97 Å². The molecule has 16 heteroatoms. The first-order chi connectivity index (χ1) is 22.0. The Balaban J connectivity index is 1.38. The lowest BCUT2D eigenvalue weighted by molar-refractivity contribution is -0.385. The van der Waals surface area contributed by atoms with Crippen LogP contribution < -0.4 is 21.3 Å². The zero-order valence-corrected chi connectivity index (χ0v) is 24.5. The third kappa shape index (κ3) is 7.82. The quantitative estimate of drug-likeness (QED) is 0.239. The molecule has 0 saturated heterocycles. The van der Waals surface area contributed by atoms with E-state index in [0.29, 0.717) is 24.2 Å². The number of carbonyl (C=O) groups excluding carboxylic acids is 4. The highest BCUT2D eigenvalue weighted by Gasteiger charge is 2.25. The zero-order valence-electron chi connectivity index (χ0n) is 24.5. The van der Waals surface area contributed by atoms with Gasteiger partial charge >= 0.3 is 0 Å². The summed E-state index contributed by atoms with van der Waals surface area (Å²) in [5, 5.41) is 33.9. The summed E-state index contributed by atoms with van der Waals surface area (Å²) >= 11 is 0. The van der Waals surface area contributed by atoms with E-state index in [2.05, 4.69) is 31.2 Å². The van der Waals surface area contributed by atoms with Gasteiger partial charge in [0, 0.05) is 50.4 Å². The molecule has 1 fully saturated rings. The molecule has 16 nitrogen and oxygen atoms in total. The Hall–Kier alpha value is -5.80. The highest BCUT2D eigenvalue weighted by molar-refractivity contribution is 5.98. The molecule has 4 aliphatic heterocycles. The van der Waals surface area contributed by atoms with E-state index in [1.54, 1.807) is 24.3 Å². The Kier molecular flexibility index (Phi) is 9.54. The molecule has 1 aliphatic carbocycles. The Morgan fingerprint density at radius 3 is 1.15 bits per heavy atom. The molecule has 4 amide bonds. The number of benzene rings is 1. The van der Waals surface area contributed by atoms with Crippen molar-refractivity contribution < 1.29 is 29.0 Å². The van der Waals surface area contributed by atoms with Crippen LogP contribution in [0.1, 0.15) is 78.8 Å². The smallest absolute Gasteiger partial charge is 0.274 e. The molecule has 2 aromatic heterocycles. The van der Waals surface area contributed by atoms with Crippen LogP contribution in [-0.4, -0.2) is 56.5 Å². The summed E-state index contributed by atoms with van der Waals surface area (Å²) in [6.45, 7) is 0.676. The van der Waals surface area contributed by atoms with Gasteiger partial charge in [0.15, 0.2) is 0 Å². The molecular weight excluding hydrogens is 600 g/mol. The summed E-state index contributed by atoms with van der Waals surface area (Å²) in [6.07, 6.45) is 2.93. The van der Waals surface area contributed by atoms with E-state index >= 15 is 0 Å². The average Bonchev–Trinajstić information content (AvgIpc) is 3.07. The first-order valence-electron chi connectivity index (χ1n) is 14.6. The largest absolute Gasteiger partial charge is 0.350 e. The molecule has 1 saturated carbocycles. The molecule has 0 atom stereocenters. The minimum absolute atomic E-state index is 0.0441. The van der Waals surface area contributed by atoms with E-state index in [0.717, 1.165) is 49.9 Å². The van der Waals surface area contributed by atoms with Crippen molar-refractivity contribution >= 4 is 35.0 Å². The number of pyridine rings is 2. The van der Waals surface area contributed by atoms with Crippen molar-refractivity contribution in [2.75, 3.05) is 13.1 Å². The van der Waals surface area contributed by atoms with Gasteiger partial charge in [-0.05, 0) is 48.6 Å². The maximum Gasteiger partial charge on any atom is 0.274 e. The summed E-state index contributed by atoms with van der Waals surface area (Å²) < 4.78 is 0. The highest BCUT2D eigenvalue weighted by atomic mass is 16.6.